The molecule has 64 valence electrons. The lowest BCUT2D eigenvalue weighted by Crippen LogP contribution is -2.04. The molecule has 1 aromatic rings. The smallest absolute Gasteiger partial charge is 0.149 e. The van der Waals surface area contributed by atoms with Crippen molar-refractivity contribution in [2.45, 2.75) is 13.8 Å². The standard InChI is InChI=1S/C9H12N2O/c1-7-9(5-4-6-10-3)8(2)12-11-7/h10H,6H2,1-3H3. The van der Waals surface area contributed by atoms with Gasteiger partial charge in [-0.25, -0.2) is 0 Å². The zero-order chi connectivity index (χ0) is 8.97. The first-order chi connectivity index (χ1) is 5.75. The Morgan fingerprint density at radius 3 is 2.75 bits per heavy atom. The molecule has 0 amide bonds. The molecule has 0 aromatic carbocycles. The molecule has 3 heteroatoms. The average Bonchev–Trinajstić information content (AvgIpc) is 2.35. The number of nitrogens with one attached hydrogen (secondary N) is 1. The van der Waals surface area contributed by atoms with E-state index in [0.29, 0.717) is 6.54 Å². The van der Waals surface area contributed by atoms with Crippen molar-refractivity contribution in [3.8, 4) is 11.8 Å². The fraction of sp³-hybridized carbons (Fsp3) is 0.444. The molecule has 0 spiro atoms. The molecule has 1 aromatic heterocycles. The number of nitrogens with zero attached hydrogens (tertiary/aromatic N) is 1. The van der Waals surface area contributed by atoms with Crippen molar-refractivity contribution in [2.24, 2.45) is 0 Å². The number of hydrogen-bond donors (Lipinski definition) is 1. The van der Waals surface area contributed by atoms with Gasteiger partial charge in [-0.3, -0.25) is 0 Å². The fourth-order valence-corrected chi connectivity index (χ4v) is 0.882. The van der Waals surface area contributed by atoms with Crippen molar-refractivity contribution in [1.82, 2.24) is 10.5 Å². The molecular formula is C9H12N2O. The number of aromatic nitrogens is 1. The van der Waals surface area contributed by atoms with Crippen LogP contribution in [0.3, 0.4) is 0 Å². The Morgan fingerprint density at radius 2 is 2.25 bits per heavy atom. The van der Waals surface area contributed by atoms with Gasteiger partial charge in [-0.05, 0) is 20.9 Å². The highest BCUT2D eigenvalue weighted by Crippen LogP contribution is 2.09. The minimum Gasteiger partial charge on any atom is -0.360 e. The summed E-state index contributed by atoms with van der Waals surface area (Å²) in [6.45, 7) is 4.44. The molecule has 0 atom stereocenters. The Balaban J connectivity index is 2.82. The van der Waals surface area contributed by atoms with Crippen LogP contribution in [-0.4, -0.2) is 18.7 Å². The third kappa shape index (κ3) is 1.86. The van der Waals surface area contributed by atoms with Gasteiger partial charge in [-0.2, -0.15) is 0 Å². The Kier molecular flexibility index (Phi) is 2.89. The average molecular weight is 164 g/mol. The summed E-state index contributed by atoms with van der Waals surface area (Å²) < 4.78 is 4.95. The van der Waals surface area contributed by atoms with Gasteiger partial charge in [0.05, 0.1) is 17.8 Å². The van der Waals surface area contributed by atoms with Gasteiger partial charge in [0.2, 0.25) is 0 Å². The van der Waals surface area contributed by atoms with Crippen molar-refractivity contribution in [3.05, 3.63) is 17.0 Å². The van der Waals surface area contributed by atoms with Crippen LogP contribution in [0, 0.1) is 25.7 Å². The summed E-state index contributed by atoms with van der Waals surface area (Å²) in [6, 6.07) is 0. The molecule has 0 fully saturated rings. The van der Waals surface area contributed by atoms with Crippen molar-refractivity contribution in [2.75, 3.05) is 13.6 Å². The molecule has 0 bridgehead atoms. The van der Waals surface area contributed by atoms with Gasteiger partial charge >= 0.3 is 0 Å². The van der Waals surface area contributed by atoms with Gasteiger partial charge in [0.1, 0.15) is 5.76 Å². The van der Waals surface area contributed by atoms with Crippen LogP contribution in [0.4, 0.5) is 0 Å². The molecule has 0 aliphatic rings. The van der Waals surface area contributed by atoms with Crippen molar-refractivity contribution in [1.29, 1.82) is 0 Å². The molecule has 0 saturated heterocycles. The summed E-state index contributed by atoms with van der Waals surface area (Å²) in [5.74, 6) is 6.74. The van der Waals surface area contributed by atoms with E-state index < -0.39 is 0 Å². The van der Waals surface area contributed by atoms with E-state index in [4.69, 9.17) is 4.52 Å². The maximum Gasteiger partial charge on any atom is 0.149 e. The van der Waals surface area contributed by atoms with E-state index in [2.05, 4.69) is 22.3 Å². The SMILES string of the molecule is CNCC#Cc1c(C)noc1C. The third-order valence-electron chi connectivity index (χ3n) is 1.51. The molecule has 3 nitrogen and oxygen atoms in total. The second-order valence-corrected chi connectivity index (χ2v) is 2.53. The van der Waals surface area contributed by atoms with Crippen LogP contribution in [0.2, 0.25) is 0 Å². The van der Waals surface area contributed by atoms with Crippen molar-refractivity contribution >= 4 is 0 Å². The second-order valence-electron chi connectivity index (χ2n) is 2.53. The first kappa shape index (κ1) is 8.82. The van der Waals surface area contributed by atoms with E-state index in [1.54, 1.807) is 0 Å². The molecule has 0 radical (unpaired) electrons. The van der Waals surface area contributed by atoms with E-state index in [-0.39, 0.29) is 0 Å². The van der Waals surface area contributed by atoms with Gasteiger partial charge in [-0.1, -0.05) is 17.0 Å². The van der Waals surface area contributed by atoms with Crippen LogP contribution in [-0.2, 0) is 0 Å². The van der Waals surface area contributed by atoms with Crippen LogP contribution >= 0.6 is 0 Å². The Hall–Kier alpha value is -1.27. The van der Waals surface area contributed by atoms with Crippen molar-refractivity contribution in [3.63, 3.8) is 0 Å². The Morgan fingerprint density at radius 1 is 1.50 bits per heavy atom. The van der Waals surface area contributed by atoms with E-state index >= 15 is 0 Å². The molecule has 1 heterocycles. The predicted octanol–water partition coefficient (Wildman–Crippen LogP) is 0.862. The monoisotopic (exact) mass is 164 g/mol. The lowest BCUT2D eigenvalue weighted by Gasteiger charge is -1.85. The van der Waals surface area contributed by atoms with Crippen LogP contribution in [0.1, 0.15) is 17.0 Å². The number of hydrogen-bond acceptors (Lipinski definition) is 3. The summed E-state index contributed by atoms with van der Waals surface area (Å²) >= 11 is 0. The van der Waals surface area contributed by atoms with Crippen LogP contribution in [0.5, 0.6) is 0 Å². The van der Waals surface area contributed by atoms with Gasteiger partial charge in [0, 0.05) is 0 Å². The fourth-order valence-electron chi connectivity index (χ4n) is 0.882. The maximum absolute atomic E-state index is 4.95. The zero-order valence-electron chi connectivity index (χ0n) is 7.56. The second kappa shape index (κ2) is 3.93. The van der Waals surface area contributed by atoms with Crippen LogP contribution < -0.4 is 5.32 Å². The minimum atomic E-state index is 0.685. The summed E-state index contributed by atoms with van der Waals surface area (Å²) in [5.41, 5.74) is 1.77. The highest BCUT2D eigenvalue weighted by atomic mass is 16.5. The van der Waals surface area contributed by atoms with Gasteiger partial charge in [0.25, 0.3) is 0 Å². The van der Waals surface area contributed by atoms with Crippen molar-refractivity contribution < 1.29 is 4.52 Å². The molecular weight excluding hydrogens is 152 g/mol. The van der Waals surface area contributed by atoms with Gasteiger partial charge < -0.3 is 9.84 Å². The normalized spacial score (nSPS) is 9.25. The summed E-state index contributed by atoms with van der Waals surface area (Å²) in [4.78, 5) is 0. The Labute approximate surface area is 72.1 Å². The van der Waals surface area contributed by atoms with Crippen LogP contribution in [0.15, 0.2) is 4.52 Å². The molecule has 1 N–H and O–H groups in total. The van der Waals surface area contributed by atoms with E-state index in [9.17, 15) is 0 Å². The molecule has 1 rings (SSSR count). The molecule has 0 aliphatic carbocycles. The number of aryl methyl sites for hydroxylation is 2. The summed E-state index contributed by atoms with van der Waals surface area (Å²) in [5, 5.41) is 6.74. The summed E-state index contributed by atoms with van der Waals surface area (Å²) in [6.07, 6.45) is 0. The molecule has 0 saturated carbocycles. The third-order valence-corrected chi connectivity index (χ3v) is 1.51. The van der Waals surface area contributed by atoms with Crippen LogP contribution in [0.25, 0.3) is 0 Å². The highest BCUT2D eigenvalue weighted by molar-refractivity contribution is 5.39. The highest BCUT2D eigenvalue weighted by Gasteiger charge is 2.04. The maximum atomic E-state index is 4.95. The lowest BCUT2D eigenvalue weighted by molar-refractivity contribution is 0.393. The first-order valence-corrected chi connectivity index (χ1v) is 3.82. The number of rotatable bonds is 1. The van der Waals surface area contributed by atoms with Gasteiger partial charge in [-0.15, -0.1) is 0 Å². The largest absolute Gasteiger partial charge is 0.360 e. The van der Waals surface area contributed by atoms with E-state index in [1.165, 1.54) is 0 Å². The first-order valence-electron chi connectivity index (χ1n) is 3.82. The van der Waals surface area contributed by atoms with E-state index in [1.807, 2.05) is 20.9 Å². The molecule has 0 unspecified atom stereocenters. The minimum absolute atomic E-state index is 0.685. The zero-order valence-corrected chi connectivity index (χ0v) is 7.56. The molecule has 12 heavy (non-hydrogen) atoms. The van der Waals surface area contributed by atoms with Gasteiger partial charge in [0.15, 0.2) is 0 Å². The van der Waals surface area contributed by atoms with E-state index in [0.717, 1.165) is 17.0 Å². The quantitative estimate of drug-likeness (QED) is 0.626. The predicted molar refractivity (Wildman–Crippen MR) is 46.8 cm³/mol. The Bertz CT molecular complexity index is 298. The lowest BCUT2D eigenvalue weighted by atomic mass is 10.2. The molecule has 0 aliphatic heterocycles. The summed E-state index contributed by atoms with van der Waals surface area (Å²) in [7, 11) is 1.86. The topological polar surface area (TPSA) is 38.1 Å².